The van der Waals surface area contributed by atoms with Crippen LogP contribution in [-0.2, 0) is 14.8 Å². The summed E-state index contributed by atoms with van der Waals surface area (Å²) in [7, 11) is -3.68. The van der Waals surface area contributed by atoms with Gasteiger partial charge in [0.2, 0.25) is 15.9 Å². The van der Waals surface area contributed by atoms with Gasteiger partial charge < -0.3 is 5.32 Å². The van der Waals surface area contributed by atoms with Crippen LogP contribution in [0.3, 0.4) is 0 Å². The van der Waals surface area contributed by atoms with Gasteiger partial charge in [-0.25, -0.2) is 8.42 Å². The maximum absolute atomic E-state index is 13.4. The molecule has 0 aliphatic carbocycles. The van der Waals surface area contributed by atoms with Gasteiger partial charge in [-0.2, -0.15) is 4.31 Å². The molecular formula is C26H32N4O3S. The second kappa shape index (κ2) is 9.82. The number of aryl methyl sites for hydroxylation is 2. The number of amides is 1. The molecule has 0 saturated carbocycles. The molecule has 34 heavy (non-hydrogen) atoms. The highest BCUT2D eigenvalue weighted by Crippen LogP contribution is 2.28. The van der Waals surface area contributed by atoms with Crippen molar-refractivity contribution in [2.24, 2.45) is 0 Å². The molecule has 1 aliphatic rings. The number of carbonyl (C=O) groups is 1. The summed E-state index contributed by atoms with van der Waals surface area (Å²) in [6, 6.07) is 13.2. The number of nitrogens with zero attached hydrogens (tertiary/aromatic N) is 3. The predicted molar refractivity (Wildman–Crippen MR) is 136 cm³/mol. The minimum Gasteiger partial charge on any atom is -0.324 e. The lowest BCUT2D eigenvalue weighted by Gasteiger charge is -2.33. The van der Waals surface area contributed by atoms with Gasteiger partial charge in [-0.15, -0.1) is 0 Å². The highest BCUT2D eigenvalue weighted by atomic mass is 32.2. The Labute approximate surface area is 201 Å². The first kappa shape index (κ1) is 24.3. The Morgan fingerprint density at radius 3 is 2.47 bits per heavy atom. The molecule has 4 rings (SSSR count). The number of pyridine rings is 1. The first-order valence-corrected chi connectivity index (χ1v) is 13.1. The van der Waals surface area contributed by atoms with Crippen LogP contribution in [0.15, 0.2) is 53.6 Å². The Hall–Kier alpha value is -2.81. The number of anilines is 1. The smallest absolute Gasteiger partial charge is 0.245 e. The summed E-state index contributed by atoms with van der Waals surface area (Å²) in [5.74, 6) is 0.220. The fourth-order valence-electron chi connectivity index (χ4n) is 4.44. The van der Waals surface area contributed by atoms with E-state index in [1.165, 1.54) is 4.31 Å². The van der Waals surface area contributed by atoms with Crippen molar-refractivity contribution in [2.75, 3.05) is 38.0 Å². The molecule has 1 amide bonds. The molecule has 0 atom stereocenters. The van der Waals surface area contributed by atoms with Crippen LogP contribution in [0.4, 0.5) is 5.69 Å². The third kappa shape index (κ3) is 4.99. The van der Waals surface area contributed by atoms with Gasteiger partial charge in [-0.05, 0) is 48.6 Å². The molecule has 0 spiro atoms. The van der Waals surface area contributed by atoms with Gasteiger partial charge in [0.25, 0.3) is 0 Å². The van der Waals surface area contributed by atoms with E-state index in [2.05, 4.69) is 24.1 Å². The molecule has 2 aromatic carbocycles. The van der Waals surface area contributed by atoms with E-state index in [0.29, 0.717) is 37.6 Å². The Bertz CT molecular complexity index is 1310. The van der Waals surface area contributed by atoms with E-state index in [1.54, 1.807) is 18.3 Å². The molecular weight excluding hydrogens is 448 g/mol. The molecule has 3 aromatic rings. The number of aromatic nitrogens is 1. The molecule has 1 N–H and O–H groups in total. The maximum Gasteiger partial charge on any atom is 0.245 e. The fourth-order valence-corrected chi connectivity index (χ4v) is 6.03. The highest BCUT2D eigenvalue weighted by molar-refractivity contribution is 7.89. The predicted octanol–water partition coefficient (Wildman–Crippen LogP) is 3.92. The first-order valence-electron chi connectivity index (χ1n) is 11.6. The normalized spacial score (nSPS) is 15.7. The third-order valence-electron chi connectivity index (χ3n) is 6.32. The number of carbonyl (C=O) groups excluding carboxylic acids is 1. The molecule has 1 fully saturated rings. The van der Waals surface area contributed by atoms with Crippen molar-refractivity contribution in [3.05, 3.63) is 65.4 Å². The van der Waals surface area contributed by atoms with Crippen LogP contribution in [0.2, 0.25) is 0 Å². The lowest BCUT2D eigenvalue weighted by molar-refractivity contribution is -0.117. The SMILES string of the molecule is Cc1cnc2c(S(=O)(=O)N3CCN(CC(=O)Nc4c(C)cccc4C(C)C)CC3)cccc2c1. The first-order chi connectivity index (χ1) is 16.2. The lowest BCUT2D eigenvalue weighted by Crippen LogP contribution is -2.50. The zero-order valence-electron chi connectivity index (χ0n) is 20.2. The van der Waals surface area contributed by atoms with Crippen molar-refractivity contribution in [1.82, 2.24) is 14.2 Å². The zero-order chi connectivity index (χ0) is 24.5. The number of sulfonamides is 1. The second-order valence-corrected chi connectivity index (χ2v) is 11.2. The van der Waals surface area contributed by atoms with Crippen LogP contribution in [0, 0.1) is 13.8 Å². The van der Waals surface area contributed by atoms with Gasteiger partial charge in [0, 0.05) is 43.4 Å². The summed E-state index contributed by atoms with van der Waals surface area (Å²) in [6.45, 7) is 10.0. The number of nitrogens with one attached hydrogen (secondary N) is 1. The summed E-state index contributed by atoms with van der Waals surface area (Å²) in [5.41, 5.74) is 4.51. The van der Waals surface area contributed by atoms with Crippen molar-refractivity contribution < 1.29 is 13.2 Å². The van der Waals surface area contributed by atoms with Crippen molar-refractivity contribution in [3.8, 4) is 0 Å². The van der Waals surface area contributed by atoms with Crippen LogP contribution >= 0.6 is 0 Å². The topological polar surface area (TPSA) is 82.6 Å². The average molecular weight is 481 g/mol. The maximum atomic E-state index is 13.4. The molecule has 0 unspecified atom stereocenters. The Morgan fingerprint density at radius 2 is 1.76 bits per heavy atom. The van der Waals surface area contributed by atoms with Crippen LogP contribution in [0.5, 0.6) is 0 Å². The fraction of sp³-hybridized carbons (Fsp3) is 0.385. The Kier molecular flexibility index (Phi) is 7.02. The van der Waals surface area contributed by atoms with Crippen LogP contribution in [-0.4, -0.2) is 61.2 Å². The summed E-state index contributed by atoms with van der Waals surface area (Å²) < 4.78 is 28.3. The zero-order valence-corrected chi connectivity index (χ0v) is 21.0. The summed E-state index contributed by atoms with van der Waals surface area (Å²) in [4.78, 5) is 19.4. The number of piperazine rings is 1. The molecule has 2 heterocycles. The van der Waals surface area contributed by atoms with E-state index >= 15 is 0 Å². The van der Waals surface area contributed by atoms with Gasteiger partial charge >= 0.3 is 0 Å². The minimum atomic E-state index is -3.68. The van der Waals surface area contributed by atoms with Crippen molar-refractivity contribution in [1.29, 1.82) is 0 Å². The van der Waals surface area contributed by atoms with Gasteiger partial charge in [-0.1, -0.05) is 44.2 Å². The number of hydrogen-bond donors (Lipinski definition) is 1. The Morgan fingerprint density at radius 1 is 1.06 bits per heavy atom. The van der Waals surface area contributed by atoms with Gasteiger partial charge in [0.1, 0.15) is 4.90 Å². The van der Waals surface area contributed by atoms with E-state index in [4.69, 9.17) is 0 Å². The quantitative estimate of drug-likeness (QED) is 0.578. The second-order valence-electron chi connectivity index (χ2n) is 9.26. The molecule has 1 saturated heterocycles. The van der Waals surface area contributed by atoms with Crippen molar-refractivity contribution in [2.45, 2.75) is 38.5 Å². The molecule has 0 radical (unpaired) electrons. The van der Waals surface area contributed by atoms with Gasteiger partial charge in [-0.3, -0.25) is 14.7 Å². The molecule has 8 heteroatoms. The number of para-hydroxylation sites is 2. The summed E-state index contributed by atoms with van der Waals surface area (Å²) >= 11 is 0. The van der Waals surface area contributed by atoms with Crippen LogP contribution in [0.25, 0.3) is 10.9 Å². The van der Waals surface area contributed by atoms with E-state index in [9.17, 15) is 13.2 Å². The van der Waals surface area contributed by atoms with Crippen LogP contribution < -0.4 is 5.32 Å². The Balaban J connectivity index is 1.42. The molecule has 180 valence electrons. The number of rotatable bonds is 6. The summed E-state index contributed by atoms with van der Waals surface area (Å²) in [5, 5.41) is 3.89. The van der Waals surface area contributed by atoms with Crippen LogP contribution in [0.1, 0.15) is 36.5 Å². The van der Waals surface area contributed by atoms with E-state index < -0.39 is 10.0 Å². The minimum absolute atomic E-state index is 0.0823. The third-order valence-corrected chi connectivity index (χ3v) is 8.25. The monoisotopic (exact) mass is 480 g/mol. The lowest BCUT2D eigenvalue weighted by atomic mass is 9.98. The molecule has 1 aliphatic heterocycles. The van der Waals surface area contributed by atoms with Gasteiger partial charge in [0.15, 0.2) is 0 Å². The van der Waals surface area contributed by atoms with Crippen molar-refractivity contribution >= 4 is 32.5 Å². The molecule has 7 nitrogen and oxygen atoms in total. The number of fused-ring (bicyclic) bond motifs is 1. The largest absolute Gasteiger partial charge is 0.324 e. The highest BCUT2D eigenvalue weighted by Gasteiger charge is 2.30. The standard InChI is InChI=1S/C26H32N4O3S/c1-18(2)22-9-5-7-20(4)25(22)28-24(31)17-29-11-13-30(14-12-29)34(32,33)23-10-6-8-21-15-19(3)16-27-26(21)23/h5-10,15-16,18H,11-14,17H2,1-4H3,(H,28,31). The number of hydrogen-bond acceptors (Lipinski definition) is 5. The van der Waals surface area contributed by atoms with E-state index in [0.717, 1.165) is 27.8 Å². The summed E-state index contributed by atoms with van der Waals surface area (Å²) in [6.07, 6.45) is 1.69. The van der Waals surface area contributed by atoms with E-state index in [1.807, 2.05) is 49.1 Å². The van der Waals surface area contributed by atoms with Crippen molar-refractivity contribution in [3.63, 3.8) is 0 Å². The molecule has 0 bridgehead atoms. The van der Waals surface area contributed by atoms with E-state index in [-0.39, 0.29) is 17.3 Å². The van der Waals surface area contributed by atoms with Gasteiger partial charge in [0.05, 0.1) is 12.1 Å². The molecule has 1 aromatic heterocycles. The average Bonchev–Trinajstić information content (AvgIpc) is 2.80. The number of benzene rings is 2.